The Morgan fingerprint density at radius 1 is 1.00 bits per heavy atom. The highest BCUT2D eigenvalue weighted by Gasteiger charge is 2.19. The number of nitrogens with one attached hydrogen (secondary N) is 3. The van der Waals surface area contributed by atoms with Crippen LogP contribution in [0.2, 0.25) is 0 Å². The summed E-state index contributed by atoms with van der Waals surface area (Å²) in [6.07, 6.45) is 1.72. The van der Waals surface area contributed by atoms with Gasteiger partial charge in [0.1, 0.15) is 22.3 Å². The van der Waals surface area contributed by atoms with E-state index in [4.69, 9.17) is 4.74 Å². The van der Waals surface area contributed by atoms with E-state index in [0.717, 1.165) is 5.56 Å². The van der Waals surface area contributed by atoms with Crippen LogP contribution in [-0.2, 0) is 10.0 Å². The molecule has 3 aromatic rings. The van der Waals surface area contributed by atoms with Crippen LogP contribution in [0.4, 0.5) is 17.5 Å². The zero-order valence-electron chi connectivity index (χ0n) is 17.1. The summed E-state index contributed by atoms with van der Waals surface area (Å²) in [7, 11) is -3.73. The summed E-state index contributed by atoms with van der Waals surface area (Å²) in [6, 6.07) is 12.2. The molecule has 11 heteroatoms. The molecule has 9 nitrogen and oxygen atoms in total. The number of hydrogen-bond acceptors (Lipinski definition) is 8. The van der Waals surface area contributed by atoms with Gasteiger partial charge in [0.15, 0.2) is 5.82 Å². The Bertz CT molecular complexity index is 1130. The first-order valence-electron chi connectivity index (χ1n) is 9.56. The second-order valence-corrected chi connectivity index (χ2v) is 9.15. The van der Waals surface area contributed by atoms with Gasteiger partial charge in [-0.1, -0.05) is 15.9 Å². The summed E-state index contributed by atoms with van der Waals surface area (Å²) in [5.74, 6) is 2.08. The predicted molar refractivity (Wildman–Crippen MR) is 123 cm³/mol. The summed E-state index contributed by atoms with van der Waals surface area (Å²) in [6.45, 7) is 4.64. The molecule has 31 heavy (non-hydrogen) atoms. The molecule has 0 saturated carbocycles. The van der Waals surface area contributed by atoms with Crippen molar-refractivity contribution in [2.75, 3.05) is 30.3 Å². The molecule has 2 aromatic heterocycles. The summed E-state index contributed by atoms with van der Waals surface area (Å²) >= 11 is 3.30. The third-order valence-electron chi connectivity index (χ3n) is 4.05. The molecular weight excluding hydrogens is 484 g/mol. The molecule has 164 valence electrons. The molecule has 0 saturated heterocycles. The first-order valence-corrected chi connectivity index (χ1v) is 11.8. The van der Waals surface area contributed by atoms with Gasteiger partial charge in [0.2, 0.25) is 10.0 Å². The smallest absolute Gasteiger partial charge is 0.244 e. The number of benzene rings is 1. The van der Waals surface area contributed by atoms with Crippen molar-refractivity contribution in [3.63, 3.8) is 0 Å². The van der Waals surface area contributed by atoms with Gasteiger partial charge < -0.3 is 15.4 Å². The summed E-state index contributed by atoms with van der Waals surface area (Å²) in [5.41, 5.74) is 1.09. The highest BCUT2D eigenvalue weighted by Crippen LogP contribution is 2.27. The number of nitrogens with zero attached hydrogens (tertiary/aromatic N) is 3. The van der Waals surface area contributed by atoms with Crippen LogP contribution in [0.15, 0.2) is 58.0 Å². The van der Waals surface area contributed by atoms with E-state index in [9.17, 15) is 8.42 Å². The van der Waals surface area contributed by atoms with Crippen molar-refractivity contribution >= 4 is 43.4 Å². The predicted octanol–water partition coefficient (Wildman–Crippen LogP) is 3.48. The lowest BCUT2D eigenvalue weighted by molar-refractivity contribution is 0.331. The van der Waals surface area contributed by atoms with E-state index in [-0.39, 0.29) is 11.4 Å². The SMILES string of the molecule is CCOc1ccc(Br)cc1S(=O)(=O)NCCNc1ccc(Nc2cc(C)ccn2)nn1. The number of sulfonamides is 1. The van der Waals surface area contributed by atoms with E-state index in [1.54, 1.807) is 37.4 Å². The van der Waals surface area contributed by atoms with Crippen LogP contribution < -0.4 is 20.1 Å². The maximum atomic E-state index is 12.7. The molecule has 0 aliphatic rings. The lowest BCUT2D eigenvalue weighted by Gasteiger charge is -2.13. The van der Waals surface area contributed by atoms with Gasteiger partial charge in [-0.15, -0.1) is 10.2 Å². The van der Waals surface area contributed by atoms with E-state index in [1.807, 2.05) is 19.1 Å². The lowest BCUT2D eigenvalue weighted by atomic mass is 10.3. The first-order chi connectivity index (χ1) is 14.9. The van der Waals surface area contributed by atoms with Gasteiger partial charge in [-0.2, -0.15) is 0 Å². The topological polar surface area (TPSA) is 118 Å². The van der Waals surface area contributed by atoms with E-state index >= 15 is 0 Å². The fourth-order valence-electron chi connectivity index (χ4n) is 2.65. The molecule has 0 aliphatic carbocycles. The molecule has 2 heterocycles. The Labute approximate surface area is 189 Å². The average molecular weight is 507 g/mol. The second-order valence-electron chi connectivity index (χ2n) is 6.50. The summed E-state index contributed by atoms with van der Waals surface area (Å²) < 4.78 is 33.9. The van der Waals surface area contributed by atoms with Crippen LogP contribution in [-0.4, -0.2) is 43.3 Å². The normalized spacial score (nSPS) is 11.2. The largest absolute Gasteiger partial charge is 0.492 e. The maximum absolute atomic E-state index is 12.7. The van der Waals surface area contributed by atoms with Crippen LogP contribution in [0.5, 0.6) is 5.75 Å². The molecule has 0 amide bonds. The third-order valence-corrected chi connectivity index (χ3v) is 6.03. The molecule has 0 unspecified atom stereocenters. The molecule has 3 rings (SSSR count). The van der Waals surface area contributed by atoms with Crippen molar-refractivity contribution in [1.82, 2.24) is 19.9 Å². The van der Waals surface area contributed by atoms with Crippen LogP contribution in [0.1, 0.15) is 12.5 Å². The van der Waals surface area contributed by atoms with E-state index in [1.165, 1.54) is 6.07 Å². The number of hydrogen-bond donors (Lipinski definition) is 3. The Morgan fingerprint density at radius 3 is 2.48 bits per heavy atom. The van der Waals surface area contributed by atoms with E-state index < -0.39 is 10.0 Å². The molecule has 1 aromatic carbocycles. The minimum absolute atomic E-state index is 0.0868. The molecule has 0 atom stereocenters. The number of ether oxygens (including phenoxy) is 1. The number of aryl methyl sites for hydroxylation is 1. The third kappa shape index (κ3) is 6.61. The van der Waals surface area contributed by atoms with Crippen molar-refractivity contribution in [1.29, 1.82) is 0 Å². The van der Waals surface area contributed by atoms with Gasteiger partial charge in [-0.3, -0.25) is 0 Å². The molecule has 0 radical (unpaired) electrons. The van der Waals surface area contributed by atoms with E-state index in [2.05, 4.69) is 46.5 Å². The minimum atomic E-state index is -3.73. The molecule has 0 spiro atoms. The molecule has 0 fully saturated rings. The Kier molecular flexibility index (Phi) is 7.77. The van der Waals surface area contributed by atoms with Crippen molar-refractivity contribution in [3.8, 4) is 5.75 Å². The summed E-state index contributed by atoms with van der Waals surface area (Å²) in [4.78, 5) is 4.30. The molecular formula is C20H23BrN6O3S. The van der Waals surface area contributed by atoms with Gasteiger partial charge in [-0.25, -0.2) is 18.1 Å². The average Bonchev–Trinajstić information content (AvgIpc) is 2.74. The number of aromatic nitrogens is 3. The van der Waals surface area contributed by atoms with Crippen molar-refractivity contribution in [2.45, 2.75) is 18.7 Å². The number of anilines is 3. The van der Waals surface area contributed by atoms with Crippen molar-refractivity contribution in [2.24, 2.45) is 0 Å². The van der Waals surface area contributed by atoms with Crippen LogP contribution in [0.3, 0.4) is 0 Å². The quantitative estimate of drug-likeness (QED) is 0.357. The van der Waals surface area contributed by atoms with Crippen molar-refractivity contribution in [3.05, 3.63) is 58.7 Å². The van der Waals surface area contributed by atoms with Gasteiger partial charge in [0.25, 0.3) is 0 Å². The molecule has 0 bridgehead atoms. The minimum Gasteiger partial charge on any atom is -0.492 e. The highest BCUT2D eigenvalue weighted by molar-refractivity contribution is 9.10. The first kappa shape index (κ1) is 22.9. The zero-order chi connectivity index (χ0) is 22.3. The number of rotatable bonds is 10. The Balaban J connectivity index is 1.53. The maximum Gasteiger partial charge on any atom is 0.244 e. The number of halogens is 1. The monoisotopic (exact) mass is 506 g/mol. The van der Waals surface area contributed by atoms with Crippen LogP contribution in [0.25, 0.3) is 0 Å². The highest BCUT2D eigenvalue weighted by atomic mass is 79.9. The van der Waals surface area contributed by atoms with Gasteiger partial charge >= 0.3 is 0 Å². The van der Waals surface area contributed by atoms with Crippen LogP contribution in [0, 0.1) is 6.92 Å². The van der Waals surface area contributed by atoms with E-state index in [0.29, 0.717) is 40.8 Å². The number of pyridine rings is 1. The van der Waals surface area contributed by atoms with Gasteiger partial charge in [0, 0.05) is 23.8 Å². The molecule has 3 N–H and O–H groups in total. The molecule has 0 aliphatic heterocycles. The lowest BCUT2D eigenvalue weighted by Crippen LogP contribution is -2.29. The second kappa shape index (κ2) is 10.5. The summed E-state index contributed by atoms with van der Waals surface area (Å²) in [5, 5.41) is 14.3. The van der Waals surface area contributed by atoms with Gasteiger partial charge in [-0.05, 0) is 61.9 Å². The fourth-order valence-corrected chi connectivity index (χ4v) is 4.36. The van der Waals surface area contributed by atoms with Crippen molar-refractivity contribution < 1.29 is 13.2 Å². The zero-order valence-corrected chi connectivity index (χ0v) is 19.5. The standard InChI is InChI=1S/C20H23BrN6O3S/c1-3-30-16-5-4-15(21)13-17(16)31(28,29)24-11-10-23-18-6-7-19(27-26-18)25-20-12-14(2)8-9-22-20/h4-9,12-13,24H,3,10-11H2,1-2H3,(H,23,26)(H,22,25,27). The fraction of sp³-hybridized carbons (Fsp3) is 0.250. The Morgan fingerprint density at radius 2 is 1.77 bits per heavy atom. The van der Waals surface area contributed by atoms with Gasteiger partial charge in [0.05, 0.1) is 6.61 Å². The van der Waals surface area contributed by atoms with Crippen LogP contribution >= 0.6 is 15.9 Å². The Hall–Kier alpha value is -2.76.